The summed E-state index contributed by atoms with van der Waals surface area (Å²) in [6.07, 6.45) is 1.51. The molecule has 0 aliphatic carbocycles. The van der Waals surface area contributed by atoms with Gasteiger partial charge < -0.3 is 10.4 Å². The zero-order valence-electron chi connectivity index (χ0n) is 9.90. The zero-order chi connectivity index (χ0) is 12.1. The largest absolute Gasteiger partial charge is 0.477 e. The third-order valence-electron chi connectivity index (χ3n) is 2.75. The second-order valence-corrected chi connectivity index (χ2v) is 4.34. The number of carbonyl (C=O) groups is 1. The molecule has 1 aromatic heterocycles. The van der Waals surface area contributed by atoms with Crippen LogP contribution in [0.2, 0.25) is 0 Å². The number of hydrogen-bond acceptors (Lipinski definition) is 3. The molecular weight excluding hydrogens is 204 g/mol. The molecule has 1 aromatic rings. The predicted octanol–water partition coefficient (Wildman–Crippen LogP) is 2.48. The highest BCUT2D eigenvalue weighted by Gasteiger charge is 2.08. The molecule has 16 heavy (non-hydrogen) atoms. The molecular formula is C12H18N2O2. The summed E-state index contributed by atoms with van der Waals surface area (Å²) in [5, 5.41) is 12.0. The lowest BCUT2D eigenvalue weighted by Gasteiger charge is -2.16. The Bertz CT molecular complexity index is 364. The minimum atomic E-state index is -0.999. The van der Waals surface area contributed by atoms with Crippen molar-refractivity contribution in [2.75, 3.05) is 11.9 Å². The molecule has 1 heterocycles. The van der Waals surface area contributed by atoms with Crippen LogP contribution < -0.4 is 5.32 Å². The van der Waals surface area contributed by atoms with Gasteiger partial charge >= 0.3 is 5.97 Å². The van der Waals surface area contributed by atoms with Gasteiger partial charge in [-0.1, -0.05) is 20.8 Å². The molecule has 1 unspecified atom stereocenters. The van der Waals surface area contributed by atoms with Gasteiger partial charge in [-0.05, 0) is 24.0 Å². The molecule has 2 N–H and O–H groups in total. The normalized spacial score (nSPS) is 12.5. The third kappa shape index (κ3) is 3.53. The fourth-order valence-corrected chi connectivity index (χ4v) is 1.17. The van der Waals surface area contributed by atoms with Crippen molar-refractivity contribution in [1.29, 1.82) is 0 Å². The Kier molecular flexibility index (Phi) is 4.28. The highest BCUT2D eigenvalue weighted by atomic mass is 16.4. The van der Waals surface area contributed by atoms with Gasteiger partial charge in [0.05, 0.1) is 0 Å². The zero-order valence-corrected chi connectivity index (χ0v) is 9.90. The second kappa shape index (κ2) is 5.49. The van der Waals surface area contributed by atoms with E-state index in [1.54, 1.807) is 12.1 Å². The first kappa shape index (κ1) is 12.5. The number of nitrogens with zero attached hydrogens (tertiary/aromatic N) is 1. The number of pyridine rings is 1. The molecule has 0 aliphatic rings. The van der Waals surface area contributed by atoms with E-state index in [1.807, 2.05) is 0 Å². The monoisotopic (exact) mass is 222 g/mol. The third-order valence-corrected chi connectivity index (χ3v) is 2.75. The smallest absolute Gasteiger partial charge is 0.354 e. The van der Waals surface area contributed by atoms with E-state index in [-0.39, 0.29) is 5.69 Å². The molecule has 1 rings (SSSR count). The fraction of sp³-hybridized carbons (Fsp3) is 0.500. The lowest BCUT2D eigenvalue weighted by molar-refractivity contribution is 0.0690. The molecule has 0 saturated heterocycles. The number of aromatic carboxylic acids is 1. The van der Waals surface area contributed by atoms with Crippen LogP contribution in [0.4, 0.5) is 5.69 Å². The van der Waals surface area contributed by atoms with Crippen LogP contribution in [0.25, 0.3) is 0 Å². The summed E-state index contributed by atoms with van der Waals surface area (Å²) < 4.78 is 0. The Morgan fingerprint density at radius 1 is 1.50 bits per heavy atom. The van der Waals surface area contributed by atoms with Crippen LogP contribution in [0.3, 0.4) is 0 Å². The molecule has 0 aliphatic heterocycles. The molecule has 0 amide bonds. The first-order valence-corrected chi connectivity index (χ1v) is 5.44. The Morgan fingerprint density at radius 2 is 2.19 bits per heavy atom. The van der Waals surface area contributed by atoms with Gasteiger partial charge in [-0.3, -0.25) is 0 Å². The maximum Gasteiger partial charge on any atom is 0.354 e. The molecule has 0 spiro atoms. The number of aromatic nitrogens is 1. The Morgan fingerprint density at radius 3 is 2.75 bits per heavy atom. The van der Waals surface area contributed by atoms with Crippen LogP contribution in [0, 0.1) is 11.8 Å². The summed E-state index contributed by atoms with van der Waals surface area (Å²) >= 11 is 0. The van der Waals surface area contributed by atoms with Crippen molar-refractivity contribution in [1.82, 2.24) is 4.98 Å². The maximum atomic E-state index is 10.7. The van der Waals surface area contributed by atoms with Gasteiger partial charge in [-0.2, -0.15) is 0 Å². The van der Waals surface area contributed by atoms with Crippen LogP contribution in [0.5, 0.6) is 0 Å². The molecule has 0 bridgehead atoms. The SMILES string of the molecule is CC(C)C(C)CNc1ccnc(C(=O)O)c1. The number of carboxylic acids is 1. The van der Waals surface area contributed by atoms with Crippen molar-refractivity contribution in [2.24, 2.45) is 11.8 Å². The number of rotatable bonds is 5. The minimum Gasteiger partial charge on any atom is -0.477 e. The van der Waals surface area contributed by atoms with E-state index >= 15 is 0 Å². The van der Waals surface area contributed by atoms with Crippen LogP contribution >= 0.6 is 0 Å². The van der Waals surface area contributed by atoms with Crippen LogP contribution in [0.1, 0.15) is 31.3 Å². The summed E-state index contributed by atoms with van der Waals surface area (Å²) in [6.45, 7) is 7.33. The molecule has 4 heteroatoms. The molecule has 0 fully saturated rings. The molecule has 1 atom stereocenters. The number of anilines is 1. The van der Waals surface area contributed by atoms with Crippen molar-refractivity contribution in [3.05, 3.63) is 24.0 Å². The van der Waals surface area contributed by atoms with Gasteiger partial charge in [0.25, 0.3) is 0 Å². The predicted molar refractivity (Wildman–Crippen MR) is 63.7 cm³/mol. The number of nitrogens with one attached hydrogen (secondary N) is 1. The fourth-order valence-electron chi connectivity index (χ4n) is 1.17. The Labute approximate surface area is 95.7 Å². The van der Waals surface area contributed by atoms with E-state index in [1.165, 1.54) is 6.20 Å². The summed E-state index contributed by atoms with van der Waals surface area (Å²) in [4.78, 5) is 14.5. The average Bonchev–Trinajstić information content (AvgIpc) is 2.26. The maximum absolute atomic E-state index is 10.7. The van der Waals surface area contributed by atoms with Gasteiger partial charge in [0.15, 0.2) is 0 Å². The van der Waals surface area contributed by atoms with Gasteiger partial charge in [-0.25, -0.2) is 9.78 Å². The molecule has 88 valence electrons. The molecule has 0 saturated carbocycles. The van der Waals surface area contributed by atoms with Crippen molar-refractivity contribution in [3.8, 4) is 0 Å². The molecule has 0 aromatic carbocycles. The summed E-state index contributed by atoms with van der Waals surface area (Å²) in [5.41, 5.74) is 0.877. The van der Waals surface area contributed by atoms with Gasteiger partial charge in [0.2, 0.25) is 0 Å². The van der Waals surface area contributed by atoms with Crippen LogP contribution in [-0.2, 0) is 0 Å². The first-order valence-electron chi connectivity index (χ1n) is 5.44. The van der Waals surface area contributed by atoms with Crippen molar-refractivity contribution in [2.45, 2.75) is 20.8 Å². The Balaban J connectivity index is 2.61. The van der Waals surface area contributed by atoms with E-state index in [4.69, 9.17) is 5.11 Å². The standard InChI is InChI=1S/C12H18N2O2/c1-8(2)9(3)7-14-10-4-5-13-11(6-10)12(15)16/h4-6,8-9H,7H2,1-3H3,(H,13,14)(H,15,16). The highest BCUT2D eigenvalue weighted by molar-refractivity contribution is 5.86. The van der Waals surface area contributed by atoms with Gasteiger partial charge in [0.1, 0.15) is 5.69 Å². The van der Waals surface area contributed by atoms with Crippen molar-refractivity contribution >= 4 is 11.7 Å². The van der Waals surface area contributed by atoms with Crippen LogP contribution in [0.15, 0.2) is 18.3 Å². The van der Waals surface area contributed by atoms with E-state index in [9.17, 15) is 4.79 Å². The molecule has 4 nitrogen and oxygen atoms in total. The number of hydrogen-bond donors (Lipinski definition) is 2. The van der Waals surface area contributed by atoms with E-state index < -0.39 is 5.97 Å². The van der Waals surface area contributed by atoms with Crippen LogP contribution in [-0.4, -0.2) is 22.6 Å². The first-order chi connectivity index (χ1) is 7.50. The van der Waals surface area contributed by atoms with E-state index in [0.29, 0.717) is 11.8 Å². The second-order valence-electron chi connectivity index (χ2n) is 4.34. The van der Waals surface area contributed by atoms with E-state index in [0.717, 1.165) is 12.2 Å². The highest BCUT2D eigenvalue weighted by Crippen LogP contribution is 2.13. The molecule has 0 radical (unpaired) electrons. The average molecular weight is 222 g/mol. The van der Waals surface area contributed by atoms with Crippen molar-refractivity contribution in [3.63, 3.8) is 0 Å². The summed E-state index contributed by atoms with van der Waals surface area (Å²) in [7, 11) is 0. The van der Waals surface area contributed by atoms with Crippen molar-refractivity contribution < 1.29 is 9.90 Å². The summed E-state index contributed by atoms with van der Waals surface area (Å²) in [5.74, 6) is 0.148. The topological polar surface area (TPSA) is 62.2 Å². The lowest BCUT2D eigenvalue weighted by Crippen LogP contribution is -2.16. The lowest BCUT2D eigenvalue weighted by atomic mass is 9.98. The Hall–Kier alpha value is -1.58. The van der Waals surface area contributed by atoms with Gasteiger partial charge in [-0.15, -0.1) is 0 Å². The summed E-state index contributed by atoms with van der Waals surface area (Å²) in [6, 6.07) is 3.33. The quantitative estimate of drug-likeness (QED) is 0.803. The van der Waals surface area contributed by atoms with E-state index in [2.05, 4.69) is 31.1 Å². The minimum absolute atomic E-state index is 0.0715. The van der Waals surface area contributed by atoms with Gasteiger partial charge in [0, 0.05) is 18.4 Å². The number of carboxylic acid groups (broad SMARTS) is 1.